The molecule has 0 N–H and O–H groups in total. The van der Waals surface area contributed by atoms with Crippen molar-refractivity contribution in [3.63, 3.8) is 0 Å². The first-order valence-electron chi connectivity index (χ1n) is 12.1. The lowest BCUT2D eigenvalue weighted by molar-refractivity contribution is -0.0438. The maximum Gasteiger partial charge on any atom is 0.0656 e. The highest BCUT2D eigenvalue weighted by Crippen LogP contribution is 2.37. The largest absolute Gasteiger partial charge is 0.378 e. The van der Waals surface area contributed by atoms with Crippen LogP contribution in [0.2, 0.25) is 0 Å². The van der Waals surface area contributed by atoms with Crippen molar-refractivity contribution >= 4 is 0 Å². The lowest BCUT2D eigenvalue weighted by Crippen LogP contribution is -2.35. The van der Waals surface area contributed by atoms with E-state index >= 15 is 0 Å². The molecule has 0 spiro atoms. The fraction of sp³-hybridized carbons (Fsp3) is 0.960. The number of hydrogen-bond acceptors (Lipinski definition) is 2. The number of nitriles is 1. The Morgan fingerprint density at radius 1 is 0.889 bits per heavy atom. The molecule has 0 bridgehead atoms. The van der Waals surface area contributed by atoms with Gasteiger partial charge in [-0.05, 0) is 43.4 Å². The van der Waals surface area contributed by atoms with Crippen molar-refractivity contribution in [1.82, 2.24) is 0 Å². The fourth-order valence-electron chi connectivity index (χ4n) is 4.64. The molecule has 1 aliphatic carbocycles. The van der Waals surface area contributed by atoms with Gasteiger partial charge in [0.25, 0.3) is 0 Å². The predicted molar refractivity (Wildman–Crippen MR) is 117 cm³/mol. The Balaban J connectivity index is 2.09. The standard InChI is InChI=1S/C25H47NO/c1-5-7-8-9-10-11-12-13-14-15-24(20-26)16-17-27-25-19-23(6-2)18-21(3)22(25)4/h21-25H,5-19H2,1-4H3/t21-,22-,23?,24?,25?/m0/s1. The summed E-state index contributed by atoms with van der Waals surface area (Å²) in [6, 6.07) is 2.52. The van der Waals surface area contributed by atoms with Crippen LogP contribution in [0.5, 0.6) is 0 Å². The van der Waals surface area contributed by atoms with E-state index in [1.54, 1.807) is 0 Å². The van der Waals surface area contributed by atoms with Gasteiger partial charge in [-0.25, -0.2) is 0 Å². The third kappa shape index (κ3) is 10.5. The molecule has 0 saturated heterocycles. The smallest absolute Gasteiger partial charge is 0.0656 e. The zero-order valence-corrected chi connectivity index (χ0v) is 18.8. The van der Waals surface area contributed by atoms with E-state index in [2.05, 4.69) is 33.8 Å². The second-order valence-electron chi connectivity index (χ2n) is 9.22. The van der Waals surface area contributed by atoms with Gasteiger partial charge in [-0.1, -0.05) is 91.9 Å². The average Bonchev–Trinajstić information content (AvgIpc) is 2.68. The van der Waals surface area contributed by atoms with E-state index < -0.39 is 0 Å². The maximum atomic E-state index is 9.45. The average molecular weight is 378 g/mol. The van der Waals surface area contributed by atoms with E-state index in [1.165, 1.54) is 77.0 Å². The van der Waals surface area contributed by atoms with Gasteiger partial charge in [-0.15, -0.1) is 0 Å². The first-order valence-corrected chi connectivity index (χ1v) is 12.1. The quantitative estimate of drug-likeness (QED) is 0.271. The Hall–Kier alpha value is -0.550. The van der Waals surface area contributed by atoms with E-state index in [-0.39, 0.29) is 5.92 Å². The summed E-state index contributed by atoms with van der Waals surface area (Å²) in [6.45, 7) is 10.1. The van der Waals surface area contributed by atoms with E-state index in [4.69, 9.17) is 4.74 Å². The Morgan fingerprint density at radius 2 is 1.52 bits per heavy atom. The molecule has 2 heteroatoms. The van der Waals surface area contributed by atoms with E-state index in [0.29, 0.717) is 12.0 Å². The van der Waals surface area contributed by atoms with E-state index in [1.807, 2.05) is 0 Å². The third-order valence-corrected chi connectivity index (χ3v) is 6.97. The van der Waals surface area contributed by atoms with Crippen molar-refractivity contribution < 1.29 is 4.74 Å². The Labute approximate surface area is 170 Å². The molecule has 5 atom stereocenters. The molecule has 3 unspecified atom stereocenters. The van der Waals surface area contributed by atoms with Crippen LogP contribution >= 0.6 is 0 Å². The molecule has 0 aromatic rings. The molecule has 27 heavy (non-hydrogen) atoms. The van der Waals surface area contributed by atoms with Crippen LogP contribution in [0.3, 0.4) is 0 Å². The van der Waals surface area contributed by atoms with Crippen molar-refractivity contribution in [3.05, 3.63) is 0 Å². The molecule has 2 nitrogen and oxygen atoms in total. The number of nitrogens with zero attached hydrogens (tertiary/aromatic N) is 1. The van der Waals surface area contributed by atoms with Gasteiger partial charge in [-0.3, -0.25) is 0 Å². The summed E-state index contributed by atoms with van der Waals surface area (Å²) in [4.78, 5) is 0. The number of hydrogen-bond donors (Lipinski definition) is 0. The van der Waals surface area contributed by atoms with Crippen LogP contribution in [0.1, 0.15) is 118 Å². The van der Waals surface area contributed by atoms with Gasteiger partial charge >= 0.3 is 0 Å². The normalized spacial score (nSPS) is 26.6. The molecule has 1 rings (SSSR count). The van der Waals surface area contributed by atoms with Crippen LogP contribution in [0, 0.1) is 35.0 Å². The molecule has 0 aromatic heterocycles. The van der Waals surface area contributed by atoms with E-state index in [0.717, 1.165) is 31.3 Å². The van der Waals surface area contributed by atoms with Crippen LogP contribution in [0.4, 0.5) is 0 Å². The molecule has 0 aromatic carbocycles. The van der Waals surface area contributed by atoms with Crippen molar-refractivity contribution in [1.29, 1.82) is 5.26 Å². The lowest BCUT2D eigenvalue weighted by atomic mass is 9.73. The molecule has 1 fully saturated rings. The Bertz CT molecular complexity index is 388. The Kier molecular flexibility index (Phi) is 14.0. The minimum atomic E-state index is 0.188. The number of rotatable bonds is 15. The molecule has 0 amide bonds. The zero-order chi connectivity index (χ0) is 19.9. The summed E-state index contributed by atoms with van der Waals surface area (Å²) >= 11 is 0. The molecule has 0 radical (unpaired) electrons. The minimum absolute atomic E-state index is 0.188. The minimum Gasteiger partial charge on any atom is -0.378 e. The summed E-state index contributed by atoms with van der Waals surface area (Å²) in [6.07, 6.45) is 18.4. The summed E-state index contributed by atoms with van der Waals surface area (Å²) < 4.78 is 6.27. The summed E-state index contributed by atoms with van der Waals surface area (Å²) in [7, 11) is 0. The van der Waals surface area contributed by atoms with Crippen LogP contribution in [0.25, 0.3) is 0 Å². The fourth-order valence-corrected chi connectivity index (χ4v) is 4.64. The van der Waals surface area contributed by atoms with Gasteiger partial charge < -0.3 is 4.74 Å². The van der Waals surface area contributed by atoms with Gasteiger partial charge in [-0.2, -0.15) is 5.26 Å². The SMILES string of the molecule is CCCCCCCCCCCC(C#N)CCOC1CC(CC)C[C@H](C)[C@@H]1C. The molecule has 1 saturated carbocycles. The van der Waals surface area contributed by atoms with Gasteiger partial charge in [0.1, 0.15) is 0 Å². The van der Waals surface area contributed by atoms with Crippen LogP contribution in [-0.2, 0) is 4.74 Å². The highest BCUT2D eigenvalue weighted by Gasteiger charge is 2.32. The maximum absolute atomic E-state index is 9.45. The van der Waals surface area contributed by atoms with Crippen LogP contribution < -0.4 is 0 Å². The van der Waals surface area contributed by atoms with Gasteiger partial charge in [0, 0.05) is 12.5 Å². The topological polar surface area (TPSA) is 33.0 Å². The predicted octanol–water partition coefficient (Wildman–Crippen LogP) is 7.91. The molecular formula is C25H47NO. The van der Waals surface area contributed by atoms with Crippen LogP contribution in [0.15, 0.2) is 0 Å². The first kappa shape index (κ1) is 24.5. The second-order valence-corrected chi connectivity index (χ2v) is 9.22. The number of ether oxygens (including phenoxy) is 1. The van der Waals surface area contributed by atoms with Gasteiger partial charge in [0.05, 0.1) is 12.2 Å². The van der Waals surface area contributed by atoms with Crippen molar-refractivity contribution in [2.75, 3.05) is 6.61 Å². The van der Waals surface area contributed by atoms with E-state index in [9.17, 15) is 5.26 Å². The van der Waals surface area contributed by atoms with Crippen molar-refractivity contribution in [3.8, 4) is 6.07 Å². The van der Waals surface area contributed by atoms with Gasteiger partial charge in [0.2, 0.25) is 0 Å². The summed E-state index contributed by atoms with van der Waals surface area (Å²) in [5, 5.41) is 9.45. The van der Waals surface area contributed by atoms with Crippen molar-refractivity contribution in [2.24, 2.45) is 23.7 Å². The lowest BCUT2D eigenvalue weighted by Gasteiger charge is -2.38. The summed E-state index contributed by atoms with van der Waals surface area (Å²) in [5.74, 6) is 2.44. The molecule has 1 aliphatic rings. The molecule has 0 heterocycles. The first-order chi connectivity index (χ1) is 13.1. The zero-order valence-electron chi connectivity index (χ0n) is 18.8. The summed E-state index contributed by atoms with van der Waals surface area (Å²) in [5.41, 5.74) is 0. The second kappa shape index (κ2) is 15.4. The molecule has 0 aliphatic heterocycles. The highest BCUT2D eigenvalue weighted by atomic mass is 16.5. The highest BCUT2D eigenvalue weighted by molar-refractivity contribution is 4.84. The third-order valence-electron chi connectivity index (χ3n) is 6.97. The number of unbranched alkanes of at least 4 members (excludes halogenated alkanes) is 8. The molecular weight excluding hydrogens is 330 g/mol. The van der Waals surface area contributed by atoms with Gasteiger partial charge in [0.15, 0.2) is 0 Å². The Morgan fingerprint density at radius 3 is 2.11 bits per heavy atom. The molecule has 158 valence electrons. The van der Waals surface area contributed by atoms with Crippen molar-refractivity contribution in [2.45, 2.75) is 124 Å². The monoisotopic (exact) mass is 377 g/mol. The van der Waals surface area contributed by atoms with Crippen LogP contribution in [-0.4, -0.2) is 12.7 Å².